The molecule has 2 aromatic heterocycles. The predicted octanol–water partition coefficient (Wildman–Crippen LogP) is 11.9. The van der Waals surface area contributed by atoms with Gasteiger partial charge in [0.1, 0.15) is 0 Å². The molecule has 0 bridgehead atoms. The summed E-state index contributed by atoms with van der Waals surface area (Å²) in [6.45, 7) is 1.88. The van der Waals surface area contributed by atoms with Crippen LogP contribution in [0.15, 0.2) is 187 Å². The average Bonchev–Trinajstić information content (AvgIpc) is 3.52. The van der Waals surface area contributed by atoms with E-state index >= 15 is 0 Å². The van der Waals surface area contributed by atoms with Crippen LogP contribution in [0.2, 0.25) is 0 Å². The maximum atomic E-state index is 13.1. The van der Waals surface area contributed by atoms with Crippen molar-refractivity contribution < 1.29 is 0 Å². The van der Waals surface area contributed by atoms with Crippen molar-refractivity contribution in [3.05, 3.63) is 198 Å². The van der Waals surface area contributed by atoms with E-state index in [4.69, 9.17) is 0 Å². The van der Waals surface area contributed by atoms with E-state index < -0.39 is 0 Å². The molecule has 0 fully saturated rings. The van der Waals surface area contributed by atoms with Crippen molar-refractivity contribution in [1.82, 2.24) is 9.13 Å². The van der Waals surface area contributed by atoms with E-state index in [2.05, 4.69) is 189 Å². The first-order chi connectivity index (χ1) is 25.5. The normalized spacial score (nSPS) is 11.3. The van der Waals surface area contributed by atoms with Crippen molar-refractivity contribution in [3.8, 4) is 5.69 Å². The number of aromatic nitrogens is 2. The summed E-state index contributed by atoms with van der Waals surface area (Å²) in [5, 5.41) is 2.98. The van der Waals surface area contributed by atoms with E-state index in [9.17, 15) is 4.79 Å². The van der Waals surface area contributed by atoms with Gasteiger partial charge in [0.2, 0.25) is 0 Å². The third kappa shape index (κ3) is 5.31. The summed E-state index contributed by atoms with van der Waals surface area (Å²) >= 11 is 0. The zero-order valence-corrected chi connectivity index (χ0v) is 29.0. The molecule has 52 heavy (non-hydrogen) atoms. The molecule has 7 aromatic carbocycles. The zero-order chi connectivity index (χ0) is 35.2. The highest BCUT2D eigenvalue weighted by molar-refractivity contribution is 6.12. The van der Waals surface area contributed by atoms with Crippen molar-refractivity contribution in [1.29, 1.82) is 0 Å². The molecule has 0 aliphatic rings. The Balaban J connectivity index is 1.33. The second kappa shape index (κ2) is 12.8. The molecule has 9 aromatic rings. The lowest BCUT2D eigenvalue weighted by molar-refractivity contribution is 0.937. The Morgan fingerprint density at radius 3 is 1.27 bits per heavy atom. The standard InChI is InChI=1S/C47H36N4O/c1-33-32-48(2)46-31-40(23-26-41(46)47(33)52)51-44-27-24-38(49(34-15-7-3-8-16-34)35-17-9-4-10-18-35)29-42(44)43-30-39(25-28-45(43)51)50(36-19-11-5-12-20-36)37-21-13-6-14-22-37/h3-32H,1-2H3. The number of hydrogen-bond acceptors (Lipinski definition) is 3. The topological polar surface area (TPSA) is 33.4 Å². The fraction of sp³-hybridized carbons (Fsp3) is 0.0426. The number of fused-ring (bicyclic) bond motifs is 4. The van der Waals surface area contributed by atoms with E-state index in [1.165, 1.54) is 0 Å². The molecule has 2 heterocycles. The van der Waals surface area contributed by atoms with Crippen LogP contribution < -0.4 is 15.2 Å². The van der Waals surface area contributed by atoms with Crippen LogP contribution in [-0.4, -0.2) is 9.13 Å². The van der Waals surface area contributed by atoms with Gasteiger partial charge in [-0.3, -0.25) is 4.79 Å². The van der Waals surface area contributed by atoms with Gasteiger partial charge in [0, 0.05) is 74.8 Å². The van der Waals surface area contributed by atoms with Gasteiger partial charge in [-0.1, -0.05) is 72.8 Å². The maximum absolute atomic E-state index is 13.1. The Labute approximate surface area is 302 Å². The van der Waals surface area contributed by atoms with Crippen LogP contribution in [0.5, 0.6) is 0 Å². The fourth-order valence-electron chi connectivity index (χ4n) is 7.53. The van der Waals surface area contributed by atoms with Gasteiger partial charge in [-0.2, -0.15) is 0 Å². The number of rotatable bonds is 7. The summed E-state index contributed by atoms with van der Waals surface area (Å²) in [7, 11) is 2.01. The molecule has 0 aliphatic heterocycles. The largest absolute Gasteiger partial charge is 0.350 e. The first-order valence-corrected chi connectivity index (χ1v) is 17.5. The summed E-state index contributed by atoms with van der Waals surface area (Å²) < 4.78 is 4.38. The highest BCUT2D eigenvalue weighted by Gasteiger charge is 2.20. The molecule has 0 spiro atoms. The van der Waals surface area contributed by atoms with Gasteiger partial charge in [-0.25, -0.2) is 0 Å². The number of aryl methyl sites for hydroxylation is 2. The number of pyridine rings is 1. The van der Waals surface area contributed by atoms with Crippen molar-refractivity contribution >= 4 is 66.8 Å². The lowest BCUT2D eigenvalue weighted by Crippen LogP contribution is -2.11. The fourth-order valence-corrected chi connectivity index (χ4v) is 7.53. The molecule has 0 atom stereocenters. The molecule has 0 radical (unpaired) electrons. The Morgan fingerprint density at radius 2 is 0.846 bits per heavy atom. The van der Waals surface area contributed by atoms with Crippen molar-refractivity contribution in [2.24, 2.45) is 7.05 Å². The van der Waals surface area contributed by atoms with Crippen molar-refractivity contribution in [3.63, 3.8) is 0 Å². The van der Waals surface area contributed by atoms with Crippen LogP contribution in [0, 0.1) is 6.92 Å². The van der Waals surface area contributed by atoms with E-state index in [1.807, 2.05) is 26.2 Å². The molecular formula is C47H36N4O. The predicted molar refractivity (Wildman–Crippen MR) is 218 cm³/mol. The van der Waals surface area contributed by atoms with E-state index in [-0.39, 0.29) is 5.43 Å². The third-order valence-corrected chi connectivity index (χ3v) is 9.92. The van der Waals surface area contributed by atoms with Gasteiger partial charge in [0.15, 0.2) is 5.43 Å². The van der Waals surface area contributed by atoms with Crippen LogP contribution in [0.25, 0.3) is 38.4 Å². The summed E-state index contributed by atoms with van der Waals surface area (Å²) in [5.41, 5.74) is 11.3. The van der Waals surface area contributed by atoms with E-state index in [0.29, 0.717) is 0 Å². The first kappa shape index (κ1) is 31.2. The molecule has 0 aliphatic carbocycles. The minimum Gasteiger partial charge on any atom is -0.350 e. The smallest absolute Gasteiger partial charge is 0.192 e. The Bertz CT molecular complexity index is 2550. The number of para-hydroxylation sites is 4. The highest BCUT2D eigenvalue weighted by atomic mass is 16.1. The zero-order valence-electron chi connectivity index (χ0n) is 29.0. The van der Waals surface area contributed by atoms with Gasteiger partial charge in [-0.15, -0.1) is 0 Å². The van der Waals surface area contributed by atoms with Gasteiger partial charge >= 0.3 is 0 Å². The molecule has 250 valence electrons. The van der Waals surface area contributed by atoms with Crippen molar-refractivity contribution in [2.45, 2.75) is 6.92 Å². The summed E-state index contributed by atoms with van der Waals surface area (Å²) in [4.78, 5) is 17.8. The molecule has 5 nitrogen and oxygen atoms in total. The Kier molecular flexibility index (Phi) is 7.67. The lowest BCUT2D eigenvalue weighted by Gasteiger charge is -2.26. The monoisotopic (exact) mass is 672 g/mol. The third-order valence-electron chi connectivity index (χ3n) is 9.92. The van der Waals surface area contributed by atoms with E-state index in [0.717, 1.165) is 78.1 Å². The molecule has 0 amide bonds. The van der Waals surface area contributed by atoms with Crippen LogP contribution in [-0.2, 0) is 7.05 Å². The number of nitrogens with zero attached hydrogens (tertiary/aromatic N) is 4. The second-order valence-corrected chi connectivity index (χ2v) is 13.2. The molecule has 9 rings (SSSR count). The number of anilines is 6. The van der Waals surface area contributed by atoms with Crippen molar-refractivity contribution in [2.75, 3.05) is 9.80 Å². The molecule has 0 saturated heterocycles. The summed E-state index contributed by atoms with van der Waals surface area (Å²) in [6, 6.07) is 61.7. The first-order valence-electron chi connectivity index (χ1n) is 17.5. The average molecular weight is 673 g/mol. The quantitative estimate of drug-likeness (QED) is 0.169. The molecular weight excluding hydrogens is 637 g/mol. The number of benzene rings is 7. The van der Waals surface area contributed by atoms with Crippen LogP contribution in [0.3, 0.4) is 0 Å². The van der Waals surface area contributed by atoms with Gasteiger partial charge in [-0.05, 0) is 110 Å². The molecule has 0 N–H and O–H groups in total. The second-order valence-electron chi connectivity index (χ2n) is 13.2. The molecule has 0 unspecified atom stereocenters. The SMILES string of the molecule is Cc1cn(C)c2cc(-n3c4ccc(N(c5ccccc5)c5ccccc5)cc4c4cc(N(c5ccccc5)c5ccccc5)ccc43)ccc2c1=O. The minimum atomic E-state index is 0.0694. The summed E-state index contributed by atoms with van der Waals surface area (Å²) in [6.07, 6.45) is 1.92. The Hall–Kier alpha value is -6.85. The van der Waals surface area contributed by atoms with Gasteiger partial charge in [0.25, 0.3) is 0 Å². The lowest BCUT2D eigenvalue weighted by atomic mass is 10.1. The highest BCUT2D eigenvalue weighted by Crippen LogP contribution is 2.42. The van der Waals surface area contributed by atoms with Gasteiger partial charge in [0.05, 0.1) is 16.6 Å². The molecule has 5 heteroatoms. The van der Waals surface area contributed by atoms with Crippen LogP contribution >= 0.6 is 0 Å². The summed E-state index contributed by atoms with van der Waals surface area (Å²) in [5.74, 6) is 0. The van der Waals surface area contributed by atoms with Crippen LogP contribution in [0.1, 0.15) is 5.56 Å². The van der Waals surface area contributed by atoms with Gasteiger partial charge < -0.3 is 18.9 Å². The Morgan fingerprint density at radius 1 is 0.423 bits per heavy atom. The van der Waals surface area contributed by atoms with E-state index in [1.54, 1.807) is 0 Å². The maximum Gasteiger partial charge on any atom is 0.192 e. The van der Waals surface area contributed by atoms with Crippen LogP contribution in [0.4, 0.5) is 34.1 Å². The minimum absolute atomic E-state index is 0.0694. The molecule has 0 saturated carbocycles. The number of hydrogen-bond donors (Lipinski definition) is 0.